The third-order valence-corrected chi connectivity index (χ3v) is 2.86. The molecule has 0 aliphatic carbocycles. The second-order valence-electron chi connectivity index (χ2n) is 4.03. The van der Waals surface area contributed by atoms with Gasteiger partial charge in [-0.3, -0.25) is 4.79 Å². The zero-order chi connectivity index (χ0) is 12.8. The van der Waals surface area contributed by atoms with Gasteiger partial charge >= 0.3 is 0 Å². The first kappa shape index (κ1) is 12.5. The lowest BCUT2D eigenvalue weighted by Crippen LogP contribution is -2.36. The molecule has 0 radical (unpaired) electrons. The van der Waals surface area contributed by atoms with Crippen LogP contribution in [-0.2, 0) is 4.74 Å². The lowest BCUT2D eigenvalue weighted by Gasteiger charge is -2.28. The van der Waals surface area contributed by atoms with Crippen LogP contribution in [0.15, 0.2) is 24.3 Å². The lowest BCUT2D eigenvalue weighted by atomic mass is 10.1. The summed E-state index contributed by atoms with van der Waals surface area (Å²) in [6.45, 7) is 3.55. The van der Waals surface area contributed by atoms with E-state index in [1.807, 2.05) is 24.3 Å². The van der Waals surface area contributed by atoms with Gasteiger partial charge in [0, 0.05) is 24.3 Å². The number of ether oxygens (including phenoxy) is 1. The molecular formula is C14H16N2O2. The molecule has 1 amide bonds. The summed E-state index contributed by atoms with van der Waals surface area (Å²) < 4.78 is 5.30. The maximum atomic E-state index is 11.7. The Hall–Kier alpha value is -1.99. The van der Waals surface area contributed by atoms with Crippen LogP contribution in [0.5, 0.6) is 0 Å². The van der Waals surface area contributed by atoms with Gasteiger partial charge in [0.15, 0.2) is 0 Å². The highest BCUT2D eigenvalue weighted by molar-refractivity contribution is 5.94. The average molecular weight is 244 g/mol. The average Bonchev–Trinajstić information content (AvgIpc) is 2.46. The lowest BCUT2D eigenvalue weighted by molar-refractivity contribution is 0.0958. The third-order valence-electron chi connectivity index (χ3n) is 2.86. The number of hydrogen-bond donors (Lipinski definition) is 1. The third kappa shape index (κ3) is 3.02. The molecule has 18 heavy (non-hydrogen) atoms. The number of benzene rings is 1. The maximum absolute atomic E-state index is 11.7. The van der Waals surface area contributed by atoms with Crippen molar-refractivity contribution in [3.05, 3.63) is 29.8 Å². The fraction of sp³-hybridized carbons (Fsp3) is 0.357. The van der Waals surface area contributed by atoms with Gasteiger partial charge in [0.05, 0.1) is 19.8 Å². The van der Waals surface area contributed by atoms with Crippen LogP contribution in [-0.4, -0.2) is 38.8 Å². The van der Waals surface area contributed by atoms with Gasteiger partial charge in [0.1, 0.15) is 0 Å². The molecule has 0 aromatic heterocycles. The summed E-state index contributed by atoms with van der Waals surface area (Å²) in [5.74, 6) is 2.24. The molecule has 1 heterocycles. The molecule has 0 atom stereocenters. The molecule has 94 valence electrons. The van der Waals surface area contributed by atoms with Crippen molar-refractivity contribution in [2.24, 2.45) is 0 Å². The number of carbonyl (C=O) groups is 1. The molecule has 1 aliphatic rings. The Morgan fingerprint density at radius 2 is 2.00 bits per heavy atom. The largest absolute Gasteiger partial charge is 0.378 e. The fourth-order valence-electron chi connectivity index (χ4n) is 1.88. The van der Waals surface area contributed by atoms with E-state index in [-0.39, 0.29) is 12.5 Å². The Balaban J connectivity index is 2.00. The van der Waals surface area contributed by atoms with Crippen molar-refractivity contribution in [1.82, 2.24) is 5.32 Å². The Labute approximate surface area is 107 Å². The minimum absolute atomic E-state index is 0.138. The van der Waals surface area contributed by atoms with Gasteiger partial charge in [0.2, 0.25) is 0 Å². The quantitative estimate of drug-likeness (QED) is 0.803. The highest BCUT2D eigenvalue weighted by atomic mass is 16.5. The van der Waals surface area contributed by atoms with E-state index in [1.54, 1.807) is 0 Å². The molecule has 0 spiro atoms. The first-order valence-corrected chi connectivity index (χ1v) is 5.95. The van der Waals surface area contributed by atoms with Gasteiger partial charge in [-0.15, -0.1) is 6.42 Å². The minimum atomic E-state index is -0.138. The molecule has 0 bridgehead atoms. The highest BCUT2D eigenvalue weighted by Gasteiger charge is 2.11. The highest BCUT2D eigenvalue weighted by Crippen LogP contribution is 2.16. The molecule has 1 N–H and O–H groups in total. The number of nitrogens with one attached hydrogen (secondary N) is 1. The summed E-state index contributed by atoms with van der Waals surface area (Å²) in [6, 6.07) is 7.54. The number of amides is 1. The predicted molar refractivity (Wildman–Crippen MR) is 70.6 cm³/mol. The molecule has 1 aliphatic heterocycles. The van der Waals surface area contributed by atoms with Crippen LogP contribution in [0.3, 0.4) is 0 Å². The van der Waals surface area contributed by atoms with Crippen molar-refractivity contribution < 1.29 is 9.53 Å². The van der Waals surface area contributed by atoms with Gasteiger partial charge in [-0.25, -0.2) is 0 Å². The first-order chi connectivity index (χ1) is 8.81. The topological polar surface area (TPSA) is 41.6 Å². The number of terminal acetylenes is 1. The molecule has 0 saturated carbocycles. The smallest absolute Gasteiger partial charge is 0.252 e. The van der Waals surface area contributed by atoms with Gasteiger partial charge in [0.25, 0.3) is 5.91 Å². The van der Waals surface area contributed by atoms with Crippen molar-refractivity contribution >= 4 is 11.6 Å². The second-order valence-corrected chi connectivity index (χ2v) is 4.03. The normalized spacial score (nSPS) is 14.9. The second kappa shape index (κ2) is 6.08. The van der Waals surface area contributed by atoms with Crippen LogP contribution in [0.1, 0.15) is 10.4 Å². The van der Waals surface area contributed by atoms with E-state index in [9.17, 15) is 4.79 Å². The predicted octanol–water partition coefficient (Wildman–Crippen LogP) is 0.886. The molecule has 1 fully saturated rings. The van der Waals surface area contributed by atoms with E-state index >= 15 is 0 Å². The summed E-state index contributed by atoms with van der Waals surface area (Å²) in [4.78, 5) is 13.9. The molecule has 1 aromatic carbocycles. The van der Waals surface area contributed by atoms with E-state index in [1.165, 1.54) is 0 Å². The number of rotatable bonds is 3. The van der Waals surface area contributed by atoms with Crippen molar-refractivity contribution in [3.8, 4) is 12.3 Å². The van der Waals surface area contributed by atoms with Crippen molar-refractivity contribution in [3.63, 3.8) is 0 Å². The number of anilines is 1. The maximum Gasteiger partial charge on any atom is 0.252 e. The number of nitrogens with zero attached hydrogens (tertiary/aromatic N) is 1. The number of carbonyl (C=O) groups excluding carboxylic acids is 1. The van der Waals surface area contributed by atoms with Crippen LogP contribution in [0.25, 0.3) is 0 Å². The van der Waals surface area contributed by atoms with E-state index in [2.05, 4.69) is 16.1 Å². The first-order valence-electron chi connectivity index (χ1n) is 5.95. The molecule has 4 heteroatoms. The Bertz CT molecular complexity index is 442. The van der Waals surface area contributed by atoms with Gasteiger partial charge < -0.3 is 15.0 Å². The SMILES string of the molecule is C#CCNC(=O)c1ccc(N2CCOCC2)cc1. The van der Waals surface area contributed by atoms with E-state index in [0.29, 0.717) is 5.56 Å². The summed E-state index contributed by atoms with van der Waals surface area (Å²) in [5, 5.41) is 2.64. The summed E-state index contributed by atoms with van der Waals surface area (Å²) >= 11 is 0. The summed E-state index contributed by atoms with van der Waals surface area (Å²) in [7, 11) is 0. The van der Waals surface area contributed by atoms with Crippen molar-refractivity contribution in [2.45, 2.75) is 0 Å². The van der Waals surface area contributed by atoms with Gasteiger partial charge in [-0.2, -0.15) is 0 Å². The van der Waals surface area contributed by atoms with Crippen LogP contribution >= 0.6 is 0 Å². The number of morpholine rings is 1. The molecule has 2 rings (SSSR count). The molecule has 4 nitrogen and oxygen atoms in total. The monoisotopic (exact) mass is 244 g/mol. The molecule has 1 saturated heterocycles. The zero-order valence-electron chi connectivity index (χ0n) is 10.2. The van der Waals surface area contributed by atoms with Gasteiger partial charge in [-0.05, 0) is 24.3 Å². The van der Waals surface area contributed by atoms with Crippen LogP contribution in [0.4, 0.5) is 5.69 Å². The molecule has 1 aromatic rings. The van der Waals surface area contributed by atoms with E-state index in [0.717, 1.165) is 32.0 Å². The minimum Gasteiger partial charge on any atom is -0.378 e. The zero-order valence-corrected chi connectivity index (χ0v) is 10.2. The van der Waals surface area contributed by atoms with Crippen LogP contribution in [0.2, 0.25) is 0 Å². The number of hydrogen-bond acceptors (Lipinski definition) is 3. The van der Waals surface area contributed by atoms with Crippen molar-refractivity contribution in [2.75, 3.05) is 37.7 Å². The van der Waals surface area contributed by atoms with Crippen LogP contribution < -0.4 is 10.2 Å². The van der Waals surface area contributed by atoms with E-state index in [4.69, 9.17) is 11.2 Å². The standard InChI is InChI=1S/C14H16N2O2/c1-2-7-15-14(17)12-3-5-13(6-4-12)16-8-10-18-11-9-16/h1,3-6H,7-11H2,(H,15,17). The molecular weight excluding hydrogens is 228 g/mol. The van der Waals surface area contributed by atoms with Crippen molar-refractivity contribution in [1.29, 1.82) is 0 Å². The Morgan fingerprint density at radius 3 is 2.61 bits per heavy atom. The summed E-state index contributed by atoms with van der Waals surface area (Å²) in [6.07, 6.45) is 5.09. The van der Waals surface area contributed by atoms with Gasteiger partial charge in [-0.1, -0.05) is 5.92 Å². The van der Waals surface area contributed by atoms with Crippen LogP contribution in [0, 0.1) is 12.3 Å². The fourth-order valence-corrected chi connectivity index (χ4v) is 1.88. The van der Waals surface area contributed by atoms with E-state index < -0.39 is 0 Å². The Kier molecular flexibility index (Phi) is 4.21. The summed E-state index contributed by atoms with van der Waals surface area (Å²) in [5.41, 5.74) is 1.74. The Morgan fingerprint density at radius 1 is 1.33 bits per heavy atom. The molecule has 0 unspecified atom stereocenters.